The molecule has 0 amide bonds. The normalized spacial score (nSPS) is 18.8. The van der Waals surface area contributed by atoms with Gasteiger partial charge in [-0.2, -0.15) is 0 Å². The molecule has 0 aliphatic carbocycles. The summed E-state index contributed by atoms with van der Waals surface area (Å²) in [4.78, 5) is 2.49. The van der Waals surface area contributed by atoms with Gasteiger partial charge < -0.3 is 9.64 Å². The molecule has 0 radical (unpaired) electrons. The second-order valence-electron chi connectivity index (χ2n) is 4.43. The monoisotopic (exact) mass is 219 g/mol. The molecule has 2 nitrogen and oxygen atoms in total. The molecule has 1 aromatic rings. The first kappa shape index (κ1) is 11.6. The quantitative estimate of drug-likeness (QED) is 0.772. The standard InChI is InChI=1S/C14H21NO/c1-2-15-10-8-14(9-11-15)16-12-13-6-4-3-5-7-13/h3-7,14H,2,8-12H2,1H3. The van der Waals surface area contributed by atoms with Gasteiger partial charge in [0.1, 0.15) is 0 Å². The van der Waals surface area contributed by atoms with Crippen LogP contribution in [0.5, 0.6) is 0 Å². The molecule has 1 aliphatic rings. The van der Waals surface area contributed by atoms with Crippen molar-refractivity contribution >= 4 is 0 Å². The summed E-state index contributed by atoms with van der Waals surface area (Å²) in [6.45, 7) is 6.54. The highest BCUT2D eigenvalue weighted by Gasteiger charge is 2.18. The van der Waals surface area contributed by atoms with E-state index in [0.29, 0.717) is 6.10 Å². The third kappa shape index (κ3) is 3.32. The molecule has 0 spiro atoms. The molecule has 0 aromatic heterocycles. The van der Waals surface area contributed by atoms with Gasteiger partial charge in [-0.25, -0.2) is 0 Å². The largest absolute Gasteiger partial charge is 0.373 e. The maximum absolute atomic E-state index is 5.94. The van der Waals surface area contributed by atoms with Gasteiger partial charge in [0.05, 0.1) is 12.7 Å². The van der Waals surface area contributed by atoms with E-state index in [1.807, 2.05) is 6.07 Å². The first-order chi connectivity index (χ1) is 7.88. The molecule has 16 heavy (non-hydrogen) atoms. The minimum atomic E-state index is 0.461. The van der Waals surface area contributed by atoms with E-state index in [-0.39, 0.29) is 0 Å². The second kappa shape index (κ2) is 6.02. The molecule has 2 rings (SSSR count). The van der Waals surface area contributed by atoms with Crippen LogP contribution >= 0.6 is 0 Å². The van der Waals surface area contributed by atoms with Crippen molar-refractivity contribution < 1.29 is 4.74 Å². The van der Waals surface area contributed by atoms with Crippen molar-refractivity contribution in [2.75, 3.05) is 19.6 Å². The summed E-state index contributed by atoms with van der Waals surface area (Å²) in [7, 11) is 0. The van der Waals surface area contributed by atoms with Crippen LogP contribution in [0.4, 0.5) is 0 Å². The van der Waals surface area contributed by atoms with Gasteiger partial charge in [-0.05, 0) is 24.9 Å². The molecular formula is C14H21NO. The average Bonchev–Trinajstić information content (AvgIpc) is 2.38. The van der Waals surface area contributed by atoms with Crippen LogP contribution in [0.1, 0.15) is 25.3 Å². The van der Waals surface area contributed by atoms with Crippen molar-refractivity contribution in [3.05, 3.63) is 35.9 Å². The Morgan fingerprint density at radius 1 is 1.19 bits per heavy atom. The third-order valence-corrected chi connectivity index (χ3v) is 3.31. The van der Waals surface area contributed by atoms with E-state index in [2.05, 4.69) is 36.1 Å². The number of hydrogen-bond donors (Lipinski definition) is 0. The van der Waals surface area contributed by atoms with Crippen LogP contribution in [0.25, 0.3) is 0 Å². The van der Waals surface area contributed by atoms with Gasteiger partial charge in [0, 0.05) is 13.1 Å². The van der Waals surface area contributed by atoms with Crippen LogP contribution < -0.4 is 0 Å². The van der Waals surface area contributed by atoms with Gasteiger partial charge >= 0.3 is 0 Å². The van der Waals surface area contributed by atoms with E-state index in [1.54, 1.807) is 0 Å². The lowest BCUT2D eigenvalue weighted by atomic mass is 10.1. The first-order valence-corrected chi connectivity index (χ1v) is 6.26. The number of nitrogens with zero attached hydrogens (tertiary/aromatic N) is 1. The number of benzene rings is 1. The fourth-order valence-electron chi connectivity index (χ4n) is 2.18. The lowest BCUT2D eigenvalue weighted by Gasteiger charge is -2.30. The molecule has 0 atom stereocenters. The number of rotatable bonds is 4. The van der Waals surface area contributed by atoms with Crippen LogP contribution in [0, 0.1) is 0 Å². The fraction of sp³-hybridized carbons (Fsp3) is 0.571. The molecule has 1 aromatic carbocycles. The summed E-state index contributed by atoms with van der Waals surface area (Å²) in [5, 5.41) is 0. The van der Waals surface area contributed by atoms with Gasteiger partial charge in [-0.3, -0.25) is 0 Å². The van der Waals surface area contributed by atoms with E-state index < -0.39 is 0 Å². The Morgan fingerprint density at radius 2 is 1.88 bits per heavy atom. The van der Waals surface area contributed by atoms with Gasteiger partial charge in [-0.15, -0.1) is 0 Å². The summed E-state index contributed by atoms with van der Waals surface area (Å²) in [6, 6.07) is 10.4. The maximum Gasteiger partial charge on any atom is 0.0720 e. The zero-order valence-electron chi connectivity index (χ0n) is 10.1. The molecule has 1 fully saturated rings. The molecule has 2 heteroatoms. The zero-order chi connectivity index (χ0) is 11.2. The molecule has 0 N–H and O–H groups in total. The Hall–Kier alpha value is -0.860. The zero-order valence-corrected chi connectivity index (χ0v) is 10.1. The fourth-order valence-corrected chi connectivity index (χ4v) is 2.18. The summed E-state index contributed by atoms with van der Waals surface area (Å²) in [5.74, 6) is 0. The van der Waals surface area contributed by atoms with Crippen LogP contribution in [-0.4, -0.2) is 30.6 Å². The van der Waals surface area contributed by atoms with E-state index in [4.69, 9.17) is 4.74 Å². The Labute approximate surface area is 98.2 Å². The molecule has 0 saturated carbocycles. The Kier molecular flexibility index (Phi) is 4.37. The van der Waals surface area contributed by atoms with Crippen molar-refractivity contribution in [3.63, 3.8) is 0 Å². The summed E-state index contributed by atoms with van der Waals surface area (Å²) in [6.07, 6.45) is 2.82. The van der Waals surface area contributed by atoms with E-state index in [1.165, 1.54) is 38.0 Å². The third-order valence-electron chi connectivity index (χ3n) is 3.31. The highest BCUT2D eigenvalue weighted by molar-refractivity contribution is 5.13. The Morgan fingerprint density at radius 3 is 2.50 bits per heavy atom. The maximum atomic E-state index is 5.94. The van der Waals surface area contributed by atoms with E-state index >= 15 is 0 Å². The van der Waals surface area contributed by atoms with Gasteiger partial charge in [-0.1, -0.05) is 37.3 Å². The number of hydrogen-bond acceptors (Lipinski definition) is 2. The van der Waals surface area contributed by atoms with Gasteiger partial charge in [0.2, 0.25) is 0 Å². The molecule has 1 aliphatic heterocycles. The molecule has 0 bridgehead atoms. The van der Waals surface area contributed by atoms with Crippen LogP contribution in [0.3, 0.4) is 0 Å². The second-order valence-corrected chi connectivity index (χ2v) is 4.43. The molecular weight excluding hydrogens is 198 g/mol. The molecule has 1 heterocycles. The Balaban J connectivity index is 1.72. The predicted molar refractivity (Wildman–Crippen MR) is 66.4 cm³/mol. The Bertz CT molecular complexity index is 291. The van der Waals surface area contributed by atoms with Crippen LogP contribution in [-0.2, 0) is 11.3 Å². The lowest BCUT2D eigenvalue weighted by Crippen LogP contribution is -2.36. The van der Waals surface area contributed by atoms with E-state index in [0.717, 1.165) is 6.61 Å². The molecule has 88 valence electrons. The SMILES string of the molecule is CCN1CCC(OCc2ccccc2)CC1. The number of ether oxygens (including phenoxy) is 1. The van der Waals surface area contributed by atoms with Crippen molar-refractivity contribution in [1.29, 1.82) is 0 Å². The highest BCUT2D eigenvalue weighted by Crippen LogP contribution is 2.15. The van der Waals surface area contributed by atoms with Crippen LogP contribution in [0.2, 0.25) is 0 Å². The number of piperidine rings is 1. The van der Waals surface area contributed by atoms with Crippen molar-refractivity contribution in [2.45, 2.75) is 32.5 Å². The lowest BCUT2D eigenvalue weighted by molar-refractivity contribution is -0.00144. The topological polar surface area (TPSA) is 12.5 Å². The summed E-state index contributed by atoms with van der Waals surface area (Å²) in [5.41, 5.74) is 1.28. The van der Waals surface area contributed by atoms with Gasteiger partial charge in [0.15, 0.2) is 0 Å². The molecule has 0 unspecified atom stereocenters. The average molecular weight is 219 g/mol. The van der Waals surface area contributed by atoms with E-state index in [9.17, 15) is 0 Å². The smallest absolute Gasteiger partial charge is 0.0720 e. The van der Waals surface area contributed by atoms with Crippen molar-refractivity contribution in [1.82, 2.24) is 4.90 Å². The minimum absolute atomic E-state index is 0.461. The van der Waals surface area contributed by atoms with Crippen molar-refractivity contribution in [3.8, 4) is 0 Å². The highest BCUT2D eigenvalue weighted by atomic mass is 16.5. The van der Waals surface area contributed by atoms with Gasteiger partial charge in [0.25, 0.3) is 0 Å². The van der Waals surface area contributed by atoms with Crippen LogP contribution in [0.15, 0.2) is 30.3 Å². The number of likely N-dealkylation sites (tertiary alicyclic amines) is 1. The molecule has 1 saturated heterocycles. The summed E-state index contributed by atoms with van der Waals surface area (Å²) >= 11 is 0. The summed E-state index contributed by atoms with van der Waals surface area (Å²) < 4.78 is 5.94. The first-order valence-electron chi connectivity index (χ1n) is 6.26. The minimum Gasteiger partial charge on any atom is -0.373 e. The van der Waals surface area contributed by atoms with Crippen molar-refractivity contribution in [2.24, 2.45) is 0 Å². The predicted octanol–water partition coefficient (Wildman–Crippen LogP) is 2.69.